The molecule has 0 aliphatic heterocycles. The van der Waals surface area contributed by atoms with Gasteiger partial charge >= 0.3 is 11.9 Å². The summed E-state index contributed by atoms with van der Waals surface area (Å²) in [4.78, 5) is 23.9. The number of hydrogen-bond acceptors (Lipinski definition) is 8. The summed E-state index contributed by atoms with van der Waals surface area (Å²) in [5.41, 5.74) is 2.15. The highest BCUT2D eigenvalue weighted by Crippen LogP contribution is 2.27. The zero-order valence-electron chi connectivity index (χ0n) is 23.7. The number of hydrogen-bond donors (Lipinski definition) is 0. The SMILES string of the molecule is CCOC(=O)CCCOc1cccc(CCCCCCOc2cc(Br)cc(S(C)(=O)=O)c2)c1CCC(=O)OCC. The molecule has 0 amide bonds. The molecule has 2 aromatic rings. The second-order valence-corrected chi connectivity index (χ2v) is 12.3. The maximum absolute atomic E-state index is 12.0. The molecule has 0 bridgehead atoms. The third-order valence-corrected chi connectivity index (χ3v) is 7.63. The quantitative estimate of drug-likeness (QED) is 0.131. The lowest BCUT2D eigenvalue weighted by Gasteiger charge is -2.16. The number of aryl methyl sites for hydroxylation is 1. The van der Waals surface area contributed by atoms with E-state index in [1.165, 1.54) is 6.26 Å². The Morgan fingerprint density at radius 1 is 0.800 bits per heavy atom. The van der Waals surface area contributed by atoms with E-state index in [0.717, 1.165) is 49.0 Å². The summed E-state index contributed by atoms with van der Waals surface area (Å²) in [6.45, 7) is 5.18. The number of carbonyl (C=O) groups is 2. The Balaban J connectivity index is 1.87. The fourth-order valence-electron chi connectivity index (χ4n) is 4.15. The lowest BCUT2D eigenvalue weighted by atomic mass is 9.96. The molecule has 8 nitrogen and oxygen atoms in total. The average molecular weight is 642 g/mol. The molecule has 0 heterocycles. The van der Waals surface area contributed by atoms with E-state index in [9.17, 15) is 18.0 Å². The summed E-state index contributed by atoms with van der Waals surface area (Å²) in [6.07, 6.45) is 7.46. The van der Waals surface area contributed by atoms with Gasteiger partial charge in [-0.2, -0.15) is 0 Å². The number of esters is 2. The Hall–Kier alpha value is -2.59. The van der Waals surface area contributed by atoms with E-state index in [1.807, 2.05) is 12.1 Å². The van der Waals surface area contributed by atoms with Gasteiger partial charge < -0.3 is 18.9 Å². The molecule has 0 saturated heterocycles. The van der Waals surface area contributed by atoms with Crippen molar-refractivity contribution in [3.8, 4) is 11.5 Å². The minimum atomic E-state index is -3.31. The standard InChI is InChI=1S/C30H41BrO8S/c1-4-36-29(32)15-11-19-39-28-14-10-13-23(27(28)16-17-30(33)37-5-2)12-8-6-7-9-18-38-25-20-24(31)21-26(22-25)40(3,34)35/h10,13-14,20-22H,4-9,11-12,15-19H2,1-3H3. The Morgan fingerprint density at radius 2 is 1.48 bits per heavy atom. The molecule has 0 fully saturated rings. The van der Waals surface area contributed by atoms with Crippen molar-refractivity contribution in [3.05, 3.63) is 52.0 Å². The highest BCUT2D eigenvalue weighted by molar-refractivity contribution is 9.10. The predicted molar refractivity (Wildman–Crippen MR) is 158 cm³/mol. The van der Waals surface area contributed by atoms with Crippen molar-refractivity contribution >= 4 is 37.7 Å². The van der Waals surface area contributed by atoms with Crippen molar-refractivity contribution in [2.75, 3.05) is 32.7 Å². The molecular weight excluding hydrogens is 600 g/mol. The van der Waals surface area contributed by atoms with Crippen molar-refractivity contribution in [1.29, 1.82) is 0 Å². The second-order valence-electron chi connectivity index (χ2n) is 9.36. The van der Waals surface area contributed by atoms with Crippen LogP contribution in [0.3, 0.4) is 0 Å². The van der Waals surface area contributed by atoms with Crippen molar-refractivity contribution in [1.82, 2.24) is 0 Å². The summed E-state index contributed by atoms with van der Waals surface area (Å²) in [7, 11) is -3.31. The molecular formula is C30H41BrO8S. The van der Waals surface area contributed by atoms with E-state index in [4.69, 9.17) is 18.9 Å². The highest BCUT2D eigenvalue weighted by Gasteiger charge is 2.14. The van der Waals surface area contributed by atoms with Crippen LogP contribution in [0.1, 0.15) is 69.9 Å². The summed E-state index contributed by atoms with van der Waals surface area (Å²) < 4.78 is 46.2. The van der Waals surface area contributed by atoms with Crippen molar-refractivity contribution in [3.63, 3.8) is 0 Å². The third-order valence-electron chi connectivity index (χ3n) is 6.08. The van der Waals surface area contributed by atoms with Gasteiger partial charge in [0.25, 0.3) is 0 Å². The van der Waals surface area contributed by atoms with Gasteiger partial charge in [0.1, 0.15) is 11.5 Å². The molecule has 0 unspecified atom stereocenters. The number of carbonyl (C=O) groups excluding carboxylic acids is 2. The average Bonchev–Trinajstić information content (AvgIpc) is 2.89. The summed E-state index contributed by atoms with van der Waals surface area (Å²) >= 11 is 3.34. The Kier molecular flexibility index (Phi) is 15.1. The van der Waals surface area contributed by atoms with Crippen molar-refractivity contribution in [2.24, 2.45) is 0 Å². The van der Waals surface area contributed by atoms with Crippen molar-refractivity contribution in [2.45, 2.75) is 76.5 Å². The van der Waals surface area contributed by atoms with Gasteiger partial charge in [0, 0.05) is 23.6 Å². The van der Waals surface area contributed by atoms with Crippen LogP contribution in [0, 0.1) is 0 Å². The maximum atomic E-state index is 12.0. The molecule has 0 atom stereocenters. The second kappa shape index (κ2) is 18.0. The molecule has 2 aromatic carbocycles. The largest absolute Gasteiger partial charge is 0.494 e. The molecule has 0 aliphatic carbocycles. The van der Waals surface area contributed by atoms with Gasteiger partial charge in [-0.1, -0.05) is 40.9 Å². The third kappa shape index (κ3) is 12.7. The number of ether oxygens (including phenoxy) is 4. The summed E-state index contributed by atoms with van der Waals surface area (Å²) in [5.74, 6) is 0.796. The Bertz CT molecular complexity index is 1200. The number of benzene rings is 2. The molecule has 0 saturated carbocycles. The van der Waals surface area contributed by atoms with E-state index < -0.39 is 9.84 Å². The van der Waals surface area contributed by atoms with Crippen LogP contribution in [0.25, 0.3) is 0 Å². The van der Waals surface area contributed by atoms with Crippen LogP contribution in [0.4, 0.5) is 0 Å². The van der Waals surface area contributed by atoms with E-state index in [0.29, 0.717) is 55.9 Å². The molecule has 10 heteroatoms. The lowest BCUT2D eigenvalue weighted by molar-refractivity contribution is -0.144. The van der Waals surface area contributed by atoms with Gasteiger partial charge in [-0.05, 0) is 81.3 Å². The minimum Gasteiger partial charge on any atom is -0.494 e. The molecule has 2 rings (SSSR count). The number of unbranched alkanes of at least 4 members (excludes halogenated alkanes) is 3. The molecule has 0 radical (unpaired) electrons. The molecule has 0 spiro atoms. The van der Waals surface area contributed by atoms with Gasteiger partial charge in [0.2, 0.25) is 0 Å². The van der Waals surface area contributed by atoms with Gasteiger partial charge in [-0.25, -0.2) is 8.42 Å². The lowest BCUT2D eigenvalue weighted by Crippen LogP contribution is -2.10. The normalized spacial score (nSPS) is 11.2. The first kappa shape index (κ1) is 33.6. The molecule has 222 valence electrons. The van der Waals surface area contributed by atoms with Crippen LogP contribution >= 0.6 is 15.9 Å². The number of sulfone groups is 1. The van der Waals surface area contributed by atoms with Gasteiger partial charge in [-0.3, -0.25) is 9.59 Å². The molecule has 40 heavy (non-hydrogen) atoms. The smallest absolute Gasteiger partial charge is 0.306 e. The number of rotatable bonds is 19. The predicted octanol–water partition coefficient (Wildman–Crippen LogP) is 6.25. The van der Waals surface area contributed by atoms with Crippen LogP contribution in [0.2, 0.25) is 0 Å². The fourth-order valence-corrected chi connectivity index (χ4v) is 5.45. The molecule has 0 N–H and O–H groups in total. The highest BCUT2D eigenvalue weighted by atomic mass is 79.9. The zero-order chi connectivity index (χ0) is 29.4. The molecule has 0 aliphatic rings. The molecule has 0 aromatic heterocycles. The Labute approximate surface area is 246 Å². The van der Waals surface area contributed by atoms with Gasteiger partial charge in [-0.15, -0.1) is 0 Å². The van der Waals surface area contributed by atoms with Crippen LogP contribution < -0.4 is 9.47 Å². The number of halogens is 1. The minimum absolute atomic E-state index is 0.223. The van der Waals surface area contributed by atoms with E-state index in [2.05, 4.69) is 22.0 Å². The monoisotopic (exact) mass is 640 g/mol. The summed E-state index contributed by atoms with van der Waals surface area (Å²) in [6, 6.07) is 10.8. The first-order valence-electron chi connectivity index (χ1n) is 13.8. The van der Waals surface area contributed by atoms with E-state index in [-0.39, 0.29) is 23.3 Å². The summed E-state index contributed by atoms with van der Waals surface area (Å²) in [5, 5.41) is 0. The van der Waals surface area contributed by atoms with E-state index in [1.54, 1.807) is 32.0 Å². The first-order chi connectivity index (χ1) is 19.1. The van der Waals surface area contributed by atoms with Gasteiger partial charge in [0.15, 0.2) is 9.84 Å². The first-order valence-corrected chi connectivity index (χ1v) is 16.5. The Morgan fingerprint density at radius 3 is 2.17 bits per heavy atom. The maximum Gasteiger partial charge on any atom is 0.306 e. The van der Waals surface area contributed by atoms with E-state index >= 15 is 0 Å². The van der Waals surface area contributed by atoms with Gasteiger partial charge in [0.05, 0.1) is 31.3 Å². The van der Waals surface area contributed by atoms with Crippen LogP contribution in [-0.4, -0.2) is 53.0 Å². The zero-order valence-corrected chi connectivity index (χ0v) is 26.1. The van der Waals surface area contributed by atoms with Crippen molar-refractivity contribution < 1.29 is 37.0 Å². The van der Waals surface area contributed by atoms with Crippen LogP contribution in [-0.2, 0) is 41.7 Å². The fraction of sp³-hybridized carbons (Fsp3) is 0.533. The topological polar surface area (TPSA) is 105 Å². The van der Waals surface area contributed by atoms with Crippen LogP contribution in [0.5, 0.6) is 11.5 Å². The van der Waals surface area contributed by atoms with Crippen LogP contribution in [0.15, 0.2) is 45.8 Å².